The number of ketones is 1. The number of hydrogen-bond donors (Lipinski definition) is 0. The Morgan fingerprint density at radius 2 is 2.11 bits per heavy atom. The number of fused-ring (bicyclic) bond motifs is 3. The Hall–Kier alpha value is -1.61. The summed E-state index contributed by atoms with van der Waals surface area (Å²) in [6.45, 7) is 0. The number of benzene rings is 1. The lowest BCUT2D eigenvalue weighted by Gasteiger charge is -2.15. The highest BCUT2D eigenvalue weighted by atomic mass is 16.5. The highest BCUT2D eigenvalue weighted by Crippen LogP contribution is 2.40. The van der Waals surface area contributed by atoms with E-state index in [1.165, 1.54) is 0 Å². The van der Waals surface area contributed by atoms with Crippen LogP contribution in [0.1, 0.15) is 29.8 Å². The molecule has 3 atom stereocenters. The van der Waals surface area contributed by atoms with E-state index in [1.807, 2.05) is 30.3 Å². The summed E-state index contributed by atoms with van der Waals surface area (Å²) in [6, 6.07) is 9.58. The number of carbonyl (C=O) groups excluding carboxylic acids is 1. The van der Waals surface area contributed by atoms with Crippen molar-refractivity contribution >= 4 is 16.8 Å². The molecule has 0 saturated carbocycles. The Balaban J connectivity index is 1.68. The lowest BCUT2D eigenvalue weighted by Crippen LogP contribution is -2.25. The normalized spacial score (nSPS) is 30.1. The van der Waals surface area contributed by atoms with Gasteiger partial charge in [0.1, 0.15) is 5.58 Å². The van der Waals surface area contributed by atoms with Crippen molar-refractivity contribution in [1.29, 1.82) is 0 Å². The minimum absolute atomic E-state index is 0.00399. The first-order valence-electron chi connectivity index (χ1n) is 6.49. The van der Waals surface area contributed by atoms with Crippen LogP contribution in [0.25, 0.3) is 11.0 Å². The average Bonchev–Trinajstić information content (AvgIpc) is 3.11. The third-order valence-electron chi connectivity index (χ3n) is 4.11. The number of hydrogen-bond acceptors (Lipinski definition) is 3. The van der Waals surface area contributed by atoms with E-state index in [0.29, 0.717) is 11.9 Å². The van der Waals surface area contributed by atoms with Crippen LogP contribution < -0.4 is 0 Å². The molecule has 2 saturated heterocycles. The summed E-state index contributed by atoms with van der Waals surface area (Å²) in [5, 5.41) is 0.991. The zero-order valence-electron chi connectivity index (χ0n) is 9.96. The van der Waals surface area contributed by atoms with Crippen LogP contribution in [0.4, 0.5) is 0 Å². The molecule has 0 amide bonds. The van der Waals surface area contributed by atoms with E-state index in [1.54, 1.807) is 0 Å². The molecular formula is C15H14O3. The van der Waals surface area contributed by atoms with Crippen LogP contribution in [-0.2, 0) is 4.74 Å². The molecule has 92 valence electrons. The van der Waals surface area contributed by atoms with Crippen LogP contribution in [-0.4, -0.2) is 18.0 Å². The van der Waals surface area contributed by atoms with Crippen molar-refractivity contribution in [3.8, 4) is 0 Å². The van der Waals surface area contributed by atoms with Crippen LogP contribution in [0, 0.1) is 5.92 Å². The Kier molecular flexibility index (Phi) is 2.12. The number of carbonyl (C=O) groups is 1. The molecule has 3 nitrogen and oxygen atoms in total. The van der Waals surface area contributed by atoms with Crippen LogP contribution >= 0.6 is 0 Å². The summed E-state index contributed by atoms with van der Waals surface area (Å²) in [5.74, 6) is 0.597. The SMILES string of the molecule is O=C(c1cc2ccccc2o1)C1CC2CCC1O2. The van der Waals surface area contributed by atoms with Gasteiger partial charge in [-0.05, 0) is 31.4 Å². The van der Waals surface area contributed by atoms with Crippen LogP contribution in [0.15, 0.2) is 34.7 Å². The smallest absolute Gasteiger partial charge is 0.203 e. The second-order valence-corrected chi connectivity index (χ2v) is 5.23. The lowest BCUT2D eigenvalue weighted by molar-refractivity contribution is 0.0724. The predicted molar refractivity (Wildman–Crippen MR) is 66.5 cm³/mol. The maximum Gasteiger partial charge on any atom is 0.203 e. The molecular weight excluding hydrogens is 228 g/mol. The van der Waals surface area contributed by atoms with Crippen molar-refractivity contribution in [3.63, 3.8) is 0 Å². The minimum atomic E-state index is 0.00399. The van der Waals surface area contributed by atoms with Crippen LogP contribution in [0.2, 0.25) is 0 Å². The maximum atomic E-state index is 12.4. The molecule has 0 spiro atoms. The standard InChI is InChI=1S/C15H14O3/c16-15(11-8-10-5-6-13(11)17-10)14-7-9-3-1-2-4-12(9)18-14/h1-4,7,10-11,13H,5-6,8H2. The third-order valence-corrected chi connectivity index (χ3v) is 4.11. The second kappa shape index (κ2) is 3.69. The Morgan fingerprint density at radius 3 is 2.83 bits per heavy atom. The molecule has 3 unspecified atom stereocenters. The van der Waals surface area contributed by atoms with Gasteiger partial charge >= 0.3 is 0 Å². The van der Waals surface area contributed by atoms with Gasteiger partial charge in [0.05, 0.1) is 18.1 Å². The summed E-state index contributed by atoms with van der Waals surface area (Å²) < 4.78 is 11.4. The fraction of sp³-hybridized carbons (Fsp3) is 0.400. The molecule has 0 radical (unpaired) electrons. The zero-order chi connectivity index (χ0) is 12.1. The fourth-order valence-electron chi connectivity index (χ4n) is 3.20. The first kappa shape index (κ1) is 10.3. The summed E-state index contributed by atoms with van der Waals surface area (Å²) in [7, 11) is 0. The molecule has 2 bridgehead atoms. The van der Waals surface area contributed by atoms with Crippen LogP contribution in [0.5, 0.6) is 0 Å². The molecule has 1 aromatic heterocycles. The minimum Gasteiger partial charge on any atom is -0.453 e. The number of furan rings is 1. The zero-order valence-corrected chi connectivity index (χ0v) is 9.96. The quantitative estimate of drug-likeness (QED) is 0.759. The lowest BCUT2D eigenvalue weighted by atomic mass is 9.85. The fourth-order valence-corrected chi connectivity index (χ4v) is 3.20. The van der Waals surface area contributed by atoms with Gasteiger partial charge in [0, 0.05) is 5.39 Å². The van der Waals surface area contributed by atoms with Crippen LogP contribution in [0.3, 0.4) is 0 Å². The van der Waals surface area contributed by atoms with Gasteiger partial charge in [0.2, 0.25) is 5.78 Å². The molecule has 4 rings (SSSR count). The van der Waals surface area contributed by atoms with E-state index >= 15 is 0 Å². The topological polar surface area (TPSA) is 39.4 Å². The maximum absolute atomic E-state index is 12.4. The Morgan fingerprint density at radius 1 is 1.22 bits per heavy atom. The highest BCUT2D eigenvalue weighted by Gasteiger charge is 2.45. The third kappa shape index (κ3) is 1.44. The van der Waals surface area contributed by atoms with Crippen molar-refractivity contribution in [2.45, 2.75) is 31.5 Å². The van der Waals surface area contributed by atoms with Crippen molar-refractivity contribution in [2.75, 3.05) is 0 Å². The summed E-state index contributed by atoms with van der Waals surface area (Å²) >= 11 is 0. The van der Waals surface area contributed by atoms with E-state index in [0.717, 1.165) is 30.2 Å². The molecule has 2 aliphatic rings. The van der Waals surface area contributed by atoms with Gasteiger partial charge in [0.25, 0.3) is 0 Å². The molecule has 0 N–H and O–H groups in total. The van der Waals surface area contributed by atoms with Gasteiger partial charge in [-0.15, -0.1) is 0 Å². The Bertz CT molecular complexity index is 580. The monoisotopic (exact) mass is 242 g/mol. The molecule has 3 heterocycles. The van der Waals surface area contributed by atoms with Crippen molar-refractivity contribution < 1.29 is 13.9 Å². The van der Waals surface area contributed by atoms with E-state index in [9.17, 15) is 4.79 Å². The predicted octanol–water partition coefficient (Wildman–Crippen LogP) is 3.18. The first-order chi connectivity index (χ1) is 8.81. The van der Waals surface area contributed by atoms with Gasteiger partial charge in [-0.3, -0.25) is 4.79 Å². The summed E-state index contributed by atoms with van der Waals surface area (Å²) in [6.07, 6.45) is 3.40. The molecule has 1 aromatic carbocycles. The molecule has 3 heteroatoms. The van der Waals surface area contributed by atoms with Gasteiger partial charge in [0.15, 0.2) is 5.76 Å². The summed E-state index contributed by atoms with van der Waals surface area (Å²) in [5.41, 5.74) is 0.782. The van der Waals surface area contributed by atoms with Gasteiger partial charge in [-0.25, -0.2) is 0 Å². The van der Waals surface area contributed by atoms with Crippen molar-refractivity contribution in [1.82, 2.24) is 0 Å². The molecule has 2 aliphatic heterocycles. The molecule has 18 heavy (non-hydrogen) atoms. The summed E-state index contributed by atoms with van der Waals surface area (Å²) in [4.78, 5) is 12.4. The van der Waals surface area contributed by atoms with E-state index in [-0.39, 0.29) is 17.8 Å². The van der Waals surface area contributed by atoms with E-state index < -0.39 is 0 Å². The van der Waals surface area contributed by atoms with Crippen molar-refractivity contribution in [3.05, 3.63) is 36.1 Å². The Labute approximate surface area is 105 Å². The molecule has 2 aromatic rings. The van der Waals surface area contributed by atoms with E-state index in [4.69, 9.17) is 9.15 Å². The first-order valence-corrected chi connectivity index (χ1v) is 6.49. The van der Waals surface area contributed by atoms with Gasteiger partial charge in [-0.2, -0.15) is 0 Å². The number of rotatable bonds is 2. The number of ether oxygens (including phenoxy) is 1. The molecule has 0 aliphatic carbocycles. The van der Waals surface area contributed by atoms with Gasteiger partial charge < -0.3 is 9.15 Å². The highest BCUT2D eigenvalue weighted by molar-refractivity contribution is 5.99. The van der Waals surface area contributed by atoms with Gasteiger partial charge in [-0.1, -0.05) is 18.2 Å². The largest absolute Gasteiger partial charge is 0.453 e. The van der Waals surface area contributed by atoms with E-state index in [2.05, 4.69) is 0 Å². The van der Waals surface area contributed by atoms with Crippen molar-refractivity contribution in [2.24, 2.45) is 5.92 Å². The number of Topliss-reactive ketones (excluding diaryl/α,β-unsaturated/α-hetero) is 1. The second-order valence-electron chi connectivity index (χ2n) is 5.23. The average molecular weight is 242 g/mol. The molecule has 2 fully saturated rings. The number of para-hydroxylation sites is 1.